The maximum absolute atomic E-state index is 10.9. The average Bonchev–Trinajstić information content (AvgIpc) is 2.11. The molecule has 12 heavy (non-hydrogen) atoms. The van der Waals surface area contributed by atoms with E-state index in [0.717, 1.165) is 5.75 Å². The minimum atomic E-state index is -0.163. The van der Waals surface area contributed by atoms with Crippen LogP contribution in [-0.2, 0) is 9.53 Å². The Labute approximate surface area is 78.0 Å². The standard InChI is InChI=1S/C8H17NO2S/c1-6(4-9)5-12-7(2)8(10)11-3/h6-7H,4-5,9H2,1-3H3. The van der Waals surface area contributed by atoms with E-state index < -0.39 is 0 Å². The Morgan fingerprint density at radius 2 is 2.17 bits per heavy atom. The number of esters is 1. The van der Waals surface area contributed by atoms with Gasteiger partial charge in [0.2, 0.25) is 0 Å². The van der Waals surface area contributed by atoms with Gasteiger partial charge in [0, 0.05) is 0 Å². The third kappa shape index (κ3) is 4.62. The summed E-state index contributed by atoms with van der Waals surface area (Å²) in [5.41, 5.74) is 5.44. The van der Waals surface area contributed by atoms with Crippen LogP contribution in [0.15, 0.2) is 0 Å². The first kappa shape index (κ1) is 11.8. The molecule has 2 N–H and O–H groups in total. The molecule has 0 aromatic carbocycles. The van der Waals surface area contributed by atoms with Gasteiger partial charge in [0.05, 0.1) is 12.4 Å². The number of rotatable bonds is 5. The number of hydrogen-bond donors (Lipinski definition) is 1. The summed E-state index contributed by atoms with van der Waals surface area (Å²) >= 11 is 1.59. The van der Waals surface area contributed by atoms with Crippen LogP contribution in [0.3, 0.4) is 0 Å². The van der Waals surface area contributed by atoms with Crippen LogP contribution in [0.2, 0.25) is 0 Å². The predicted molar refractivity (Wildman–Crippen MR) is 52.2 cm³/mol. The third-order valence-electron chi connectivity index (χ3n) is 1.57. The molecule has 0 saturated heterocycles. The highest BCUT2D eigenvalue weighted by Gasteiger charge is 2.14. The van der Waals surface area contributed by atoms with Gasteiger partial charge in [-0.05, 0) is 25.1 Å². The normalized spacial score (nSPS) is 15.3. The molecule has 3 nitrogen and oxygen atoms in total. The number of ether oxygens (including phenoxy) is 1. The molecule has 0 aromatic heterocycles. The van der Waals surface area contributed by atoms with Crippen molar-refractivity contribution in [2.45, 2.75) is 19.1 Å². The van der Waals surface area contributed by atoms with Gasteiger partial charge in [-0.15, -0.1) is 11.8 Å². The Kier molecular flexibility index (Phi) is 6.20. The topological polar surface area (TPSA) is 52.3 Å². The van der Waals surface area contributed by atoms with Crippen molar-refractivity contribution in [1.29, 1.82) is 0 Å². The summed E-state index contributed by atoms with van der Waals surface area (Å²) in [4.78, 5) is 10.9. The van der Waals surface area contributed by atoms with E-state index in [0.29, 0.717) is 12.5 Å². The Morgan fingerprint density at radius 1 is 1.58 bits per heavy atom. The van der Waals surface area contributed by atoms with Crippen molar-refractivity contribution in [1.82, 2.24) is 0 Å². The van der Waals surface area contributed by atoms with Gasteiger partial charge >= 0.3 is 5.97 Å². The largest absolute Gasteiger partial charge is 0.468 e. The van der Waals surface area contributed by atoms with Crippen molar-refractivity contribution in [3.05, 3.63) is 0 Å². The molecular formula is C8H17NO2S. The van der Waals surface area contributed by atoms with Gasteiger partial charge in [-0.25, -0.2) is 0 Å². The first-order chi connectivity index (χ1) is 5.61. The molecule has 0 spiro atoms. The van der Waals surface area contributed by atoms with Gasteiger partial charge in [-0.1, -0.05) is 6.92 Å². The quantitative estimate of drug-likeness (QED) is 0.655. The van der Waals surface area contributed by atoms with E-state index in [2.05, 4.69) is 11.7 Å². The molecule has 2 atom stereocenters. The van der Waals surface area contributed by atoms with Gasteiger partial charge in [0.15, 0.2) is 0 Å². The lowest BCUT2D eigenvalue weighted by Gasteiger charge is -2.11. The second kappa shape index (κ2) is 6.31. The van der Waals surface area contributed by atoms with E-state index in [1.165, 1.54) is 7.11 Å². The number of methoxy groups -OCH3 is 1. The molecule has 0 heterocycles. The number of carbonyl (C=O) groups is 1. The fraction of sp³-hybridized carbons (Fsp3) is 0.875. The SMILES string of the molecule is COC(=O)C(C)SCC(C)CN. The third-order valence-corrected chi connectivity index (χ3v) is 3.02. The second-order valence-electron chi connectivity index (χ2n) is 2.84. The lowest BCUT2D eigenvalue weighted by molar-refractivity contribution is -0.139. The summed E-state index contributed by atoms with van der Waals surface area (Å²) in [6.45, 7) is 4.58. The molecule has 0 amide bonds. The molecule has 0 fully saturated rings. The lowest BCUT2D eigenvalue weighted by atomic mass is 10.2. The number of hydrogen-bond acceptors (Lipinski definition) is 4. The fourth-order valence-electron chi connectivity index (χ4n) is 0.611. The van der Waals surface area contributed by atoms with E-state index in [-0.39, 0.29) is 11.2 Å². The molecule has 0 aromatic rings. The van der Waals surface area contributed by atoms with Gasteiger partial charge < -0.3 is 10.5 Å². The average molecular weight is 191 g/mol. The number of carbonyl (C=O) groups excluding carboxylic acids is 1. The molecular weight excluding hydrogens is 174 g/mol. The van der Waals surface area contributed by atoms with Crippen molar-refractivity contribution < 1.29 is 9.53 Å². The Morgan fingerprint density at radius 3 is 2.58 bits per heavy atom. The summed E-state index contributed by atoms with van der Waals surface area (Å²) in [5.74, 6) is 1.21. The van der Waals surface area contributed by atoms with E-state index in [9.17, 15) is 4.79 Å². The van der Waals surface area contributed by atoms with E-state index in [1.807, 2.05) is 6.92 Å². The molecule has 2 unspecified atom stereocenters. The highest BCUT2D eigenvalue weighted by atomic mass is 32.2. The molecule has 0 aliphatic carbocycles. The van der Waals surface area contributed by atoms with Crippen LogP contribution < -0.4 is 5.73 Å². The summed E-state index contributed by atoms with van der Waals surface area (Å²) < 4.78 is 4.59. The van der Waals surface area contributed by atoms with Gasteiger partial charge in [-0.2, -0.15) is 0 Å². The Bertz CT molecular complexity index is 141. The Balaban J connectivity index is 3.56. The monoisotopic (exact) mass is 191 g/mol. The van der Waals surface area contributed by atoms with Crippen LogP contribution in [-0.4, -0.2) is 30.6 Å². The molecule has 0 aliphatic rings. The molecule has 0 aliphatic heterocycles. The summed E-state index contributed by atoms with van der Waals surface area (Å²) in [7, 11) is 1.41. The Hall–Kier alpha value is -0.220. The maximum Gasteiger partial charge on any atom is 0.318 e. The number of nitrogens with two attached hydrogens (primary N) is 1. The van der Waals surface area contributed by atoms with Crippen molar-refractivity contribution in [2.24, 2.45) is 11.7 Å². The fourth-order valence-corrected chi connectivity index (χ4v) is 1.60. The first-order valence-corrected chi connectivity index (χ1v) is 5.06. The van der Waals surface area contributed by atoms with E-state index in [1.54, 1.807) is 11.8 Å². The first-order valence-electron chi connectivity index (χ1n) is 4.01. The molecule has 0 saturated carbocycles. The highest BCUT2D eigenvalue weighted by Crippen LogP contribution is 2.15. The molecule has 4 heteroatoms. The summed E-state index contributed by atoms with van der Waals surface area (Å²) in [6, 6.07) is 0. The summed E-state index contributed by atoms with van der Waals surface area (Å²) in [5, 5.41) is -0.0796. The van der Waals surface area contributed by atoms with Gasteiger partial charge in [0.25, 0.3) is 0 Å². The van der Waals surface area contributed by atoms with Crippen LogP contribution in [0.5, 0.6) is 0 Å². The predicted octanol–water partition coefficient (Wildman–Crippen LogP) is 0.876. The van der Waals surface area contributed by atoms with Crippen LogP contribution >= 0.6 is 11.8 Å². The molecule has 0 bridgehead atoms. The lowest BCUT2D eigenvalue weighted by Crippen LogP contribution is -2.19. The minimum Gasteiger partial charge on any atom is -0.468 e. The van der Waals surface area contributed by atoms with Crippen LogP contribution in [0, 0.1) is 5.92 Å². The van der Waals surface area contributed by atoms with Gasteiger partial charge in [-0.3, -0.25) is 4.79 Å². The smallest absolute Gasteiger partial charge is 0.318 e. The summed E-state index contributed by atoms with van der Waals surface area (Å²) in [6.07, 6.45) is 0. The van der Waals surface area contributed by atoms with Crippen LogP contribution in [0.25, 0.3) is 0 Å². The van der Waals surface area contributed by atoms with Crippen molar-refractivity contribution in [3.63, 3.8) is 0 Å². The molecule has 72 valence electrons. The minimum absolute atomic E-state index is 0.0796. The zero-order chi connectivity index (χ0) is 9.56. The zero-order valence-electron chi connectivity index (χ0n) is 7.87. The zero-order valence-corrected chi connectivity index (χ0v) is 8.69. The molecule has 0 radical (unpaired) electrons. The van der Waals surface area contributed by atoms with E-state index >= 15 is 0 Å². The van der Waals surface area contributed by atoms with Crippen molar-refractivity contribution in [2.75, 3.05) is 19.4 Å². The van der Waals surface area contributed by atoms with Crippen LogP contribution in [0.1, 0.15) is 13.8 Å². The van der Waals surface area contributed by atoms with Gasteiger partial charge in [0.1, 0.15) is 0 Å². The second-order valence-corrected chi connectivity index (χ2v) is 4.21. The number of thioether (sulfide) groups is 1. The maximum atomic E-state index is 10.9. The van der Waals surface area contributed by atoms with Crippen LogP contribution in [0.4, 0.5) is 0 Å². The molecule has 0 rings (SSSR count). The highest BCUT2D eigenvalue weighted by molar-refractivity contribution is 8.00. The van der Waals surface area contributed by atoms with Crippen molar-refractivity contribution >= 4 is 17.7 Å². The van der Waals surface area contributed by atoms with Crippen molar-refractivity contribution in [3.8, 4) is 0 Å². The van der Waals surface area contributed by atoms with E-state index in [4.69, 9.17) is 5.73 Å².